The monoisotopic (exact) mass is 271 g/mol. The highest BCUT2D eigenvalue weighted by Crippen LogP contribution is 2.28. The third-order valence-corrected chi connectivity index (χ3v) is 3.30. The second-order valence-corrected chi connectivity index (χ2v) is 5.03. The summed E-state index contributed by atoms with van der Waals surface area (Å²) in [6.45, 7) is 6.34. The molecule has 0 spiro atoms. The molecule has 0 amide bonds. The van der Waals surface area contributed by atoms with Crippen molar-refractivity contribution >= 4 is 5.82 Å². The fourth-order valence-corrected chi connectivity index (χ4v) is 2.33. The first kappa shape index (κ1) is 14.3. The van der Waals surface area contributed by atoms with Gasteiger partial charge in [-0.05, 0) is 37.1 Å². The molecule has 2 rings (SSSR count). The predicted molar refractivity (Wildman–Crippen MR) is 82.4 cm³/mol. The van der Waals surface area contributed by atoms with Crippen LogP contribution < -0.4 is 10.1 Å². The highest BCUT2D eigenvalue weighted by atomic mass is 16.5. The number of aryl methyl sites for hydroxylation is 1. The van der Waals surface area contributed by atoms with E-state index in [1.807, 2.05) is 38.2 Å². The number of aromatic nitrogens is 2. The summed E-state index contributed by atoms with van der Waals surface area (Å²) in [5.41, 5.74) is 3.18. The maximum absolute atomic E-state index is 5.17. The van der Waals surface area contributed by atoms with Gasteiger partial charge in [0.15, 0.2) is 5.82 Å². The minimum atomic E-state index is 0.391. The molecule has 1 N–H and O–H groups in total. The van der Waals surface area contributed by atoms with E-state index in [0.717, 1.165) is 28.6 Å². The molecule has 2 aromatic rings. The Hall–Kier alpha value is -2.10. The van der Waals surface area contributed by atoms with Crippen LogP contribution in [0.5, 0.6) is 5.75 Å². The quantitative estimate of drug-likeness (QED) is 0.922. The first-order valence-corrected chi connectivity index (χ1v) is 6.77. The van der Waals surface area contributed by atoms with E-state index in [-0.39, 0.29) is 0 Å². The minimum absolute atomic E-state index is 0.391. The summed E-state index contributed by atoms with van der Waals surface area (Å²) in [6, 6.07) is 7.79. The van der Waals surface area contributed by atoms with Crippen molar-refractivity contribution in [2.75, 3.05) is 19.5 Å². The Morgan fingerprint density at radius 1 is 1.10 bits per heavy atom. The number of nitrogens with one attached hydrogen (secondary N) is 1. The molecule has 106 valence electrons. The van der Waals surface area contributed by atoms with Gasteiger partial charge in [-0.3, -0.25) is 0 Å². The molecule has 1 aromatic carbocycles. The van der Waals surface area contributed by atoms with Crippen molar-refractivity contribution in [3.63, 3.8) is 0 Å². The van der Waals surface area contributed by atoms with E-state index < -0.39 is 0 Å². The summed E-state index contributed by atoms with van der Waals surface area (Å²) in [6.07, 6.45) is 0. The van der Waals surface area contributed by atoms with Crippen LogP contribution in [-0.2, 0) is 0 Å². The molecule has 20 heavy (non-hydrogen) atoms. The molecule has 1 aromatic heterocycles. The van der Waals surface area contributed by atoms with Crippen LogP contribution in [0, 0.1) is 6.92 Å². The normalized spacial score (nSPS) is 10.7. The van der Waals surface area contributed by atoms with Gasteiger partial charge in [0.2, 0.25) is 0 Å². The van der Waals surface area contributed by atoms with Crippen molar-refractivity contribution in [3.05, 3.63) is 35.5 Å². The maximum atomic E-state index is 5.17. The number of ether oxygens (including phenoxy) is 1. The fourth-order valence-electron chi connectivity index (χ4n) is 2.33. The molecule has 0 aliphatic carbocycles. The van der Waals surface area contributed by atoms with Gasteiger partial charge in [0, 0.05) is 23.9 Å². The average Bonchev–Trinajstić information content (AvgIpc) is 2.46. The van der Waals surface area contributed by atoms with Crippen LogP contribution in [0.1, 0.15) is 31.0 Å². The predicted octanol–water partition coefficient (Wildman–Crippen LogP) is 3.63. The fraction of sp³-hybridized carbons (Fsp3) is 0.375. The van der Waals surface area contributed by atoms with E-state index in [2.05, 4.69) is 29.1 Å². The van der Waals surface area contributed by atoms with E-state index in [0.29, 0.717) is 5.92 Å². The summed E-state index contributed by atoms with van der Waals surface area (Å²) < 4.78 is 5.17. The number of nitrogens with zero attached hydrogens (tertiary/aromatic N) is 2. The third kappa shape index (κ3) is 2.74. The van der Waals surface area contributed by atoms with E-state index in [9.17, 15) is 0 Å². The number of hydrogen-bond acceptors (Lipinski definition) is 4. The van der Waals surface area contributed by atoms with Crippen LogP contribution in [0.4, 0.5) is 5.82 Å². The Morgan fingerprint density at radius 2 is 1.75 bits per heavy atom. The number of anilines is 1. The topological polar surface area (TPSA) is 47.0 Å². The summed E-state index contributed by atoms with van der Waals surface area (Å²) in [5, 5.41) is 3.17. The van der Waals surface area contributed by atoms with Crippen molar-refractivity contribution in [2.24, 2.45) is 0 Å². The standard InChI is InChI=1S/C16H21N3O/c1-10(2)14-11(3)18-15(19-16(14)17-4)12-6-8-13(20-5)9-7-12/h6-10H,1-5H3,(H,17,18,19). The van der Waals surface area contributed by atoms with E-state index in [1.165, 1.54) is 5.56 Å². The molecule has 0 unspecified atom stereocenters. The Kier molecular flexibility index (Phi) is 4.23. The number of rotatable bonds is 4. The van der Waals surface area contributed by atoms with Gasteiger partial charge in [-0.25, -0.2) is 9.97 Å². The van der Waals surface area contributed by atoms with Gasteiger partial charge in [-0.1, -0.05) is 13.8 Å². The number of hydrogen-bond donors (Lipinski definition) is 1. The van der Waals surface area contributed by atoms with Crippen molar-refractivity contribution in [2.45, 2.75) is 26.7 Å². The number of benzene rings is 1. The molecule has 0 saturated heterocycles. The highest BCUT2D eigenvalue weighted by Gasteiger charge is 2.14. The molecule has 4 heteroatoms. The zero-order valence-electron chi connectivity index (χ0n) is 12.7. The Bertz CT molecular complexity index is 591. The van der Waals surface area contributed by atoms with Gasteiger partial charge in [0.05, 0.1) is 7.11 Å². The molecule has 0 atom stereocenters. The van der Waals surface area contributed by atoms with Gasteiger partial charge in [0.25, 0.3) is 0 Å². The van der Waals surface area contributed by atoms with E-state index >= 15 is 0 Å². The SMILES string of the molecule is CNc1nc(-c2ccc(OC)cc2)nc(C)c1C(C)C. The van der Waals surface area contributed by atoms with Gasteiger partial charge in [-0.2, -0.15) is 0 Å². The Balaban J connectivity index is 2.49. The van der Waals surface area contributed by atoms with Crippen LogP contribution in [0.2, 0.25) is 0 Å². The first-order valence-electron chi connectivity index (χ1n) is 6.77. The van der Waals surface area contributed by atoms with E-state index in [4.69, 9.17) is 4.74 Å². The second kappa shape index (κ2) is 5.90. The lowest BCUT2D eigenvalue weighted by molar-refractivity contribution is 0.415. The zero-order chi connectivity index (χ0) is 14.7. The lowest BCUT2D eigenvalue weighted by Gasteiger charge is -2.15. The van der Waals surface area contributed by atoms with Crippen molar-refractivity contribution in [1.82, 2.24) is 9.97 Å². The van der Waals surface area contributed by atoms with Gasteiger partial charge in [-0.15, -0.1) is 0 Å². The summed E-state index contributed by atoms with van der Waals surface area (Å²) in [4.78, 5) is 9.27. The third-order valence-electron chi connectivity index (χ3n) is 3.30. The molecule has 4 nitrogen and oxygen atoms in total. The van der Waals surface area contributed by atoms with E-state index in [1.54, 1.807) is 7.11 Å². The van der Waals surface area contributed by atoms with Crippen molar-refractivity contribution < 1.29 is 4.74 Å². The summed E-state index contributed by atoms with van der Waals surface area (Å²) in [7, 11) is 3.55. The Labute approximate surface area is 120 Å². The maximum Gasteiger partial charge on any atom is 0.161 e. The molecule has 0 bridgehead atoms. The van der Waals surface area contributed by atoms with Crippen molar-refractivity contribution in [3.8, 4) is 17.1 Å². The lowest BCUT2D eigenvalue weighted by Crippen LogP contribution is -2.07. The van der Waals surface area contributed by atoms with Crippen LogP contribution >= 0.6 is 0 Å². The van der Waals surface area contributed by atoms with Crippen LogP contribution in [0.25, 0.3) is 11.4 Å². The first-order chi connectivity index (χ1) is 9.56. The van der Waals surface area contributed by atoms with Crippen LogP contribution in [0.15, 0.2) is 24.3 Å². The highest BCUT2D eigenvalue weighted by molar-refractivity contribution is 5.61. The molecule has 0 aliphatic heterocycles. The van der Waals surface area contributed by atoms with Crippen LogP contribution in [-0.4, -0.2) is 24.1 Å². The van der Waals surface area contributed by atoms with Crippen molar-refractivity contribution in [1.29, 1.82) is 0 Å². The smallest absolute Gasteiger partial charge is 0.161 e. The lowest BCUT2D eigenvalue weighted by atomic mass is 10.0. The second-order valence-electron chi connectivity index (χ2n) is 5.03. The molecule has 1 heterocycles. The zero-order valence-corrected chi connectivity index (χ0v) is 12.7. The molecule has 0 saturated carbocycles. The average molecular weight is 271 g/mol. The largest absolute Gasteiger partial charge is 0.497 e. The van der Waals surface area contributed by atoms with Gasteiger partial charge in [0.1, 0.15) is 11.6 Å². The van der Waals surface area contributed by atoms with Gasteiger partial charge < -0.3 is 10.1 Å². The molecular weight excluding hydrogens is 250 g/mol. The Morgan fingerprint density at radius 3 is 2.25 bits per heavy atom. The molecular formula is C16H21N3O. The minimum Gasteiger partial charge on any atom is -0.497 e. The number of methoxy groups -OCH3 is 1. The summed E-state index contributed by atoms with van der Waals surface area (Å²) in [5.74, 6) is 2.86. The molecule has 0 aliphatic rings. The van der Waals surface area contributed by atoms with Crippen LogP contribution in [0.3, 0.4) is 0 Å². The van der Waals surface area contributed by atoms with Gasteiger partial charge >= 0.3 is 0 Å². The summed E-state index contributed by atoms with van der Waals surface area (Å²) >= 11 is 0. The molecule has 0 fully saturated rings. The molecule has 0 radical (unpaired) electrons.